The molecule has 1 aromatic carbocycles. The molecule has 5 nitrogen and oxygen atoms in total. The molecular weight excluding hydrogens is 232 g/mol. The van der Waals surface area contributed by atoms with E-state index in [2.05, 4.69) is 10.6 Å². The predicted molar refractivity (Wildman–Crippen MR) is 67.4 cm³/mol. The van der Waals surface area contributed by atoms with Crippen molar-refractivity contribution in [1.29, 1.82) is 0 Å². The van der Waals surface area contributed by atoms with Crippen molar-refractivity contribution in [2.75, 3.05) is 18.5 Å². The van der Waals surface area contributed by atoms with Crippen LogP contribution >= 0.6 is 0 Å². The van der Waals surface area contributed by atoms with E-state index >= 15 is 0 Å². The Morgan fingerprint density at radius 1 is 1.44 bits per heavy atom. The van der Waals surface area contributed by atoms with Crippen LogP contribution in [0, 0.1) is 5.92 Å². The van der Waals surface area contributed by atoms with Crippen LogP contribution in [0.25, 0.3) is 0 Å². The Morgan fingerprint density at radius 3 is 2.72 bits per heavy atom. The molecule has 1 aromatic rings. The van der Waals surface area contributed by atoms with Gasteiger partial charge in [0.2, 0.25) is 11.8 Å². The molecule has 0 saturated carbocycles. The molecule has 96 valence electrons. The highest BCUT2D eigenvalue weighted by Crippen LogP contribution is 2.17. The summed E-state index contributed by atoms with van der Waals surface area (Å²) in [5, 5.41) is 5.43. The molecule has 1 heterocycles. The van der Waals surface area contributed by atoms with Crippen LogP contribution in [-0.2, 0) is 9.59 Å². The van der Waals surface area contributed by atoms with Crippen LogP contribution in [0.5, 0.6) is 5.75 Å². The molecule has 2 amide bonds. The highest BCUT2D eigenvalue weighted by Gasteiger charge is 2.27. The Bertz CT molecular complexity index is 442. The minimum atomic E-state index is -0.274. The lowest BCUT2D eigenvalue weighted by Gasteiger charge is -2.09. The minimum absolute atomic E-state index is 0.0677. The molecule has 1 aliphatic rings. The summed E-state index contributed by atoms with van der Waals surface area (Å²) in [7, 11) is 0. The predicted octanol–water partition coefficient (Wildman–Crippen LogP) is 1.16. The van der Waals surface area contributed by atoms with Crippen LogP contribution < -0.4 is 15.4 Å². The standard InChI is InChI=1S/C13H16N2O3/c1-2-18-11-5-3-10(4-6-11)15-13(17)9-7-12(16)14-8-9/h3-6,9H,2,7-8H2,1H3,(H,14,16)(H,15,17). The summed E-state index contributed by atoms with van der Waals surface area (Å²) in [6, 6.07) is 7.18. The summed E-state index contributed by atoms with van der Waals surface area (Å²) < 4.78 is 5.31. The molecule has 0 radical (unpaired) electrons. The average molecular weight is 248 g/mol. The Morgan fingerprint density at radius 2 is 2.17 bits per heavy atom. The van der Waals surface area contributed by atoms with Gasteiger partial charge in [-0.2, -0.15) is 0 Å². The van der Waals surface area contributed by atoms with Crippen molar-refractivity contribution in [2.45, 2.75) is 13.3 Å². The van der Waals surface area contributed by atoms with Crippen molar-refractivity contribution in [1.82, 2.24) is 5.32 Å². The van der Waals surface area contributed by atoms with Crippen LogP contribution in [0.4, 0.5) is 5.69 Å². The van der Waals surface area contributed by atoms with Crippen molar-refractivity contribution in [3.8, 4) is 5.75 Å². The molecule has 5 heteroatoms. The van der Waals surface area contributed by atoms with Crippen LogP contribution in [0.2, 0.25) is 0 Å². The summed E-state index contributed by atoms with van der Waals surface area (Å²) in [5.41, 5.74) is 0.711. The Hall–Kier alpha value is -2.04. The number of benzene rings is 1. The van der Waals surface area contributed by atoms with E-state index in [1.165, 1.54) is 0 Å². The molecule has 1 aliphatic heterocycles. The van der Waals surface area contributed by atoms with Gasteiger partial charge in [-0.25, -0.2) is 0 Å². The molecule has 0 bridgehead atoms. The number of carbonyl (C=O) groups is 2. The first kappa shape index (κ1) is 12.4. The van der Waals surface area contributed by atoms with Crippen molar-refractivity contribution in [2.24, 2.45) is 5.92 Å². The molecule has 2 rings (SSSR count). The molecule has 0 aromatic heterocycles. The summed E-state index contributed by atoms with van der Waals surface area (Å²) >= 11 is 0. The maximum Gasteiger partial charge on any atom is 0.229 e. The van der Waals surface area contributed by atoms with Gasteiger partial charge in [0.05, 0.1) is 12.5 Å². The molecular formula is C13H16N2O3. The third-order valence-electron chi connectivity index (χ3n) is 2.78. The van der Waals surface area contributed by atoms with Gasteiger partial charge in [-0.05, 0) is 31.2 Å². The van der Waals surface area contributed by atoms with E-state index in [9.17, 15) is 9.59 Å². The normalized spacial score (nSPS) is 18.3. The van der Waals surface area contributed by atoms with E-state index in [0.29, 0.717) is 18.8 Å². The van der Waals surface area contributed by atoms with Gasteiger partial charge in [-0.3, -0.25) is 9.59 Å². The van der Waals surface area contributed by atoms with E-state index in [-0.39, 0.29) is 24.2 Å². The fourth-order valence-electron chi connectivity index (χ4n) is 1.84. The van der Waals surface area contributed by atoms with Crippen LogP contribution in [0.3, 0.4) is 0 Å². The molecule has 1 saturated heterocycles. The number of hydrogen-bond donors (Lipinski definition) is 2. The summed E-state index contributed by atoms with van der Waals surface area (Å²) in [4.78, 5) is 22.9. The third kappa shape index (κ3) is 3.00. The lowest BCUT2D eigenvalue weighted by atomic mass is 10.1. The lowest BCUT2D eigenvalue weighted by molar-refractivity contribution is -0.123. The molecule has 1 atom stereocenters. The second-order valence-corrected chi connectivity index (χ2v) is 4.15. The van der Waals surface area contributed by atoms with Crippen LogP contribution in [-0.4, -0.2) is 25.0 Å². The summed E-state index contributed by atoms with van der Waals surface area (Å²) in [6.45, 7) is 2.95. The first-order valence-corrected chi connectivity index (χ1v) is 5.99. The number of nitrogens with one attached hydrogen (secondary N) is 2. The van der Waals surface area contributed by atoms with Crippen molar-refractivity contribution >= 4 is 17.5 Å². The monoisotopic (exact) mass is 248 g/mol. The maximum atomic E-state index is 11.8. The SMILES string of the molecule is CCOc1ccc(NC(=O)C2CNC(=O)C2)cc1. The van der Waals surface area contributed by atoms with Gasteiger partial charge in [-0.15, -0.1) is 0 Å². The van der Waals surface area contributed by atoms with E-state index < -0.39 is 0 Å². The quantitative estimate of drug-likeness (QED) is 0.840. The van der Waals surface area contributed by atoms with Gasteiger partial charge in [0.25, 0.3) is 0 Å². The van der Waals surface area contributed by atoms with Gasteiger partial charge in [0.15, 0.2) is 0 Å². The number of carbonyl (C=O) groups excluding carboxylic acids is 2. The molecule has 0 spiro atoms. The molecule has 18 heavy (non-hydrogen) atoms. The second-order valence-electron chi connectivity index (χ2n) is 4.15. The Labute approximate surface area is 106 Å². The summed E-state index contributed by atoms with van der Waals surface area (Å²) in [6.07, 6.45) is 0.267. The number of anilines is 1. The van der Waals surface area contributed by atoms with Crippen molar-refractivity contribution in [3.63, 3.8) is 0 Å². The van der Waals surface area contributed by atoms with E-state index in [0.717, 1.165) is 5.75 Å². The number of ether oxygens (including phenoxy) is 1. The zero-order valence-electron chi connectivity index (χ0n) is 10.2. The fraction of sp³-hybridized carbons (Fsp3) is 0.385. The fourth-order valence-corrected chi connectivity index (χ4v) is 1.84. The number of rotatable bonds is 4. The van der Waals surface area contributed by atoms with Crippen molar-refractivity contribution in [3.05, 3.63) is 24.3 Å². The average Bonchev–Trinajstić information content (AvgIpc) is 2.79. The van der Waals surface area contributed by atoms with E-state index in [1.54, 1.807) is 24.3 Å². The van der Waals surface area contributed by atoms with Crippen LogP contribution in [0.15, 0.2) is 24.3 Å². The first-order chi connectivity index (χ1) is 8.69. The number of amides is 2. The minimum Gasteiger partial charge on any atom is -0.494 e. The summed E-state index contributed by atoms with van der Waals surface area (Å²) in [5.74, 6) is 0.302. The van der Waals surface area contributed by atoms with Gasteiger partial charge >= 0.3 is 0 Å². The highest BCUT2D eigenvalue weighted by molar-refractivity contribution is 5.97. The molecule has 1 fully saturated rings. The lowest BCUT2D eigenvalue weighted by Crippen LogP contribution is -2.24. The smallest absolute Gasteiger partial charge is 0.229 e. The Balaban J connectivity index is 1.92. The van der Waals surface area contributed by atoms with Gasteiger partial charge in [0, 0.05) is 18.7 Å². The molecule has 2 N–H and O–H groups in total. The maximum absolute atomic E-state index is 11.8. The highest BCUT2D eigenvalue weighted by atomic mass is 16.5. The second kappa shape index (κ2) is 5.53. The number of hydrogen-bond acceptors (Lipinski definition) is 3. The Kier molecular flexibility index (Phi) is 3.82. The van der Waals surface area contributed by atoms with Crippen LogP contribution in [0.1, 0.15) is 13.3 Å². The topological polar surface area (TPSA) is 67.4 Å². The van der Waals surface area contributed by atoms with Gasteiger partial charge in [0.1, 0.15) is 5.75 Å². The van der Waals surface area contributed by atoms with E-state index in [1.807, 2.05) is 6.92 Å². The van der Waals surface area contributed by atoms with Gasteiger partial charge in [-0.1, -0.05) is 0 Å². The molecule has 0 aliphatic carbocycles. The first-order valence-electron chi connectivity index (χ1n) is 5.99. The zero-order chi connectivity index (χ0) is 13.0. The zero-order valence-corrected chi connectivity index (χ0v) is 10.2. The van der Waals surface area contributed by atoms with E-state index in [4.69, 9.17) is 4.74 Å². The largest absolute Gasteiger partial charge is 0.494 e. The molecule has 1 unspecified atom stereocenters. The third-order valence-corrected chi connectivity index (χ3v) is 2.78. The van der Waals surface area contributed by atoms with Crippen molar-refractivity contribution < 1.29 is 14.3 Å². The van der Waals surface area contributed by atoms with Gasteiger partial charge < -0.3 is 15.4 Å².